The SMILES string of the molecule is CCOC(=O)C(C=Nc1cc(C(C)(C)C)sc1C(C)=O)=C(O)C(F)(F)F. The molecule has 0 spiro atoms. The normalized spacial score (nSPS) is 13.7. The monoisotopic (exact) mass is 391 g/mol. The Hall–Kier alpha value is -2.16. The molecule has 0 radical (unpaired) electrons. The van der Waals surface area contributed by atoms with Gasteiger partial charge in [0.15, 0.2) is 5.78 Å². The van der Waals surface area contributed by atoms with E-state index >= 15 is 0 Å². The van der Waals surface area contributed by atoms with Gasteiger partial charge in [-0.15, -0.1) is 11.3 Å². The van der Waals surface area contributed by atoms with Crippen molar-refractivity contribution in [2.45, 2.75) is 46.2 Å². The van der Waals surface area contributed by atoms with E-state index in [1.54, 1.807) is 6.07 Å². The Morgan fingerprint density at radius 1 is 1.31 bits per heavy atom. The summed E-state index contributed by atoms with van der Waals surface area (Å²) in [5.74, 6) is -3.77. The zero-order valence-electron chi connectivity index (χ0n) is 15.0. The number of carbonyl (C=O) groups excluding carboxylic acids is 2. The third kappa shape index (κ3) is 5.42. The van der Waals surface area contributed by atoms with Crippen LogP contribution in [0.15, 0.2) is 22.4 Å². The van der Waals surface area contributed by atoms with Crippen LogP contribution in [0.1, 0.15) is 49.2 Å². The lowest BCUT2D eigenvalue weighted by Crippen LogP contribution is -2.20. The van der Waals surface area contributed by atoms with E-state index in [0.29, 0.717) is 6.21 Å². The van der Waals surface area contributed by atoms with Crippen molar-refractivity contribution in [2.24, 2.45) is 4.99 Å². The Morgan fingerprint density at radius 2 is 1.88 bits per heavy atom. The highest BCUT2D eigenvalue weighted by molar-refractivity contribution is 7.14. The Labute approximate surface area is 153 Å². The minimum absolute atomic E-state index is 0.129. The average Bonchev–Trinajstić information content (AvgIpc) is 2.91. The molecule has 0 saturated heterocycles. The number of ketones is 1. The highest BCUT2D eigenvalue weighted by atomic mass is 32.1. The van der Waals surface area contributed by atoms with Crippen LogP contribution in [0.5, 0.6) is 0 Å². The number of hydrogen-bond acceptors (Lipinski definition) is 6. The average molecular weight is 391 g/mol. The summed E-state index contributed by atoms with van der Waals surface area (Å²) in [7, 11) is 0. The summed E-state index contributed by atoms with van der Waals surface area (Å²) in [4.78, 5) is 28.4. The van der Waals surface area contributed by atoms with Crippen LogP contribution in [-0.2, 0) is 14.9 Å². The summed E-state index contributed by atoms with van der Waals surface area (Å²) < 4.78 is 42.8. The first-order valence-corrected chi connectivity index (χ1v) is 8.47. The van der Waals surface area contributed by atoms with E-state index < -0.39 is 23.5 Å². The molecule has 0 saturated carbocycles. The number of carbonyl (C=O) groups is 2. The highest BCUT2D eigenvalue weighted by Crippen LogP contribution is 2.37. The molecular weight excluding hydrogens is 371 g/mol. The van der Waals surface area contributed by atoms with Gasteiger partial charge in [-0.3, -0.25) is 9.79 Å². The molecule has 0 atom stereocenters. The molecular formula is C17H20F3NO4S. The topological polar surface area (TPSA) is 76.0 Å². The van der Waals surface area contributed by atoms with E-state index in [1.165, 1.54) is 25.2 Å². The fourth-order valence-corrected chi connectivity index (χ4v) is 2.86. The third-order valence-electron chi connectivity index (χ3n) is 3.12. The van der Waals surface area contributed by atoms with Crippen molar-refractivity contribution < 1.29 is 32.6 Å². The van der Waals surface area contributed by atoms with Crippen LogP contribution in [0.2, 0.25) is 0 Å². The van der Waals surface area contributed by atoms with Crippen molar-refractivity contribution in [3.63, 3.8) is 0 Å². The second kappa shape index (κ2) is 8.03. The molecule has 1 heterocycles. The van der Waals surface area contributed by atoms with Crippen molar-refractivity contribution in [1.82, 2.24) is 0 Å². The third-order valence-corrected chi connectivity index (χ3v) is 4.77. The van der Waals surface area contributed by atoms with Crippen molar-refractivity contribution in [3.8, 4) is 0 Å². The van der Waals surface area contributed by atoms with E-state index in [2.05, 4.69) is 9.73 Å². The van der Waals surface area contributed by atoms with Crippen LogP contribution in [0.25, 0.3) is 0 Å². The minimum atomic E-state index is -5.14. The van der Waals surface area contributed by atoms with Gasteiger partial charge in [-0.2, -0.15) is 13.2 Å². The molecule has 9 heteroatoms. The first-order chi connectivity index (χ1) is 11.8. The predicted molar refractivity (Wildman–Crippen MR) is 93.5 cm³/mol. The fraction of sp³-hybridized carbons (Fsp3) is 0.471. The molecule has 26 heavy (non-hydrogen) atoms. The number of thiophene rings is 1. The lowest BCUT2D eigenvalue weighted by atomic mass is 9.94. The molecule has 0 aromatic carbocycles. The number of alkyl halides is 3. The Kier molecular flexibility index (Phi) is 6.76. The first kappa shape index (κ1) is 21.9. The molecule has 1 N–H and O–H groups in total. The molecule has 1 aromatic heterocycles. The second-order valence-electron chi connectivity index (χ2n) is 6.37. The van der Waals surface area contributed by atoms with Crippen LogP contribution in [0.4, 0.5) is 18.9 Å². The van der Waals surface area contributed by atoms with Crippen LogP contribution in [0.3, 0.4) is 0 Å². The molecule has 1 rings (SSSR count). The molecule has 1 aromatic rings. The first-order valence-electron chi connectivity index (χ1n) is 7.65. The Morgan fingerprint density at radius 3 is 2.31 bits per heavy atom. The minimum Gasteiger partial charge on any atom is -0.504 e. The van der Waals surface area contributed by atoms with Gasteiger partial charge in [0.25, 0.3) is 0 Å². The number of aliphatic imine (C=N–C) groups is 1. The summed E-state index contributed by atoms with van der Waals surface area (Å²) in [6, 6.07) is 1.57. The Balaban J connectivity index is 3.45. The molecule has 0 unspecified atom stereocenters. The van der Waals surface area contributed by atoms with Gasteiger partial charge < -0.3 is 9.84 Å². The maximum absolute atomic E-state index is 12.8. The highest BCUT2D eigenvalue weighted by Gasteiger charge is 2.38. The fourth-order valence-electron chi connectivity index (χ4n) is 1.81. The molecule has 0 aliphatic carbocycles. The number of aliphatic hydroxyl groups excluding tert-OH is 1. The maximum Gasteiger partial charge on any atom is 0.449 e. The lowest BCUT2D eigenvalue weighted by molar-refractivity contribution is -0.141. The summed E-state index contributed by atoms with van der Waals surface area (Å²) in [5.41, 5.74) is -1.29. The number of rotatable bonds is 5. The Bertz CT molecular complexity index is 755. The van der Waals surface area contributed by atoms with E-state index in [1.807, 2.05) is 20.8 Å². The number of Topliss-reactive ketones (excluding diaryl/α,β-unsaturated/α-hetero) is 1. The zero-order valence-corrected chi connectivity index (χ0v) is 15.8. The standard InChI is InChI=1S/C17H20F3NO4S/c1-6-25-15(24)10(14(23)17(18,19)20)8-21-11-7-12(16(3,4)5)26-13(11)9(2)22/h7-8,23H,6H2,1-5H3. The number of nitrogens with zero attached hydrogens (tertiary/aromatic N) is 1. The van der Waals surface area contributed by atoms with Gasteiger partial charge in [0.05, 0.1) is 17.2 Å². The lowest BCUT2D eigenvalue weighted by Gasteiger charge is -2.14. The van der Waals surface area contributed by atoms with Crippen molar-refractivity contribution in [2.75, 3.05) is 6.61 Å². The van der Waals surface area contributed by atoms with Gasteiger partial charge in [-0.1, -0.05) is 20.8 Å². The van der Waals surface area contributed by atoms with Crippen molar-refractivity contribution >= 4 is 35.0 Å². The van der Waals surface area contributed by atoms with Gasteiger partial charge in [0.1, 0.15) is 5.57 Å². The van der Waals surface area contributed by atoms with Gasteiger partial charge in [0.2, 0.25) is 5.76 Å². The van der Waals surface area contributed by atoms with Gasteiger partial charge in [-0.25, -0.2) is 4.79 Å². The predicted octanol–water partition coefficient (Wildman–Crippen LogP) is 4.89. The number of halogens is 3. The molecule has 0 fully saturated rings. The van der Waals surface area contributed by atoms with Crippen LogP contribution >= 0.6 is 11.3 Å². The maximum atomic E-state index is 12.8. The summed E-state index contributed by atoms with van der Waals surface area (Å²) >= 11 is 1.18. The van der Waals surface area contributed by atoms with E-state index in [4.69, 9.17) is 0 Å². The number of aliphatic hydroxyl groups is 1. The summed E-state index contributed by atoms with van der Waals surface area (Å²) in [6.07, 6.45) is -4.56. The van der Waals surface area contributed by atoms with Gasteiger partial charge in [0, 0.05) is 18.0 Å². The molecule has 0 amide bonds. The summed E-state index contributed by atoms with van der Waals surface area (Å²) in [6.45, 7) is 8.29. The summed E-state index contributed by atoms with van der Waals surface area (Å²) in [5, 5.41) is 9.33. The molecule has 0 aliphatic rings. The second-order valence-corrected chi connectivity index (χ2v) is 7.42. The van der Waals surface area contributed by atoms with Crippen molar-refractivity contribution in [3.05, 3.63) is 27.2 Å². The number of esters is 1. The largest absolute Gasteiger partial charge is 0.504 e. The molecule has 0 aliphatic heterocycles. The molecule has 0 bridgehead atoms. The van der Waals surface area contributed by atoms with E-state index in [9.17, 15) is 27.9 Å². The number of ether oxygens (including phenoxy) is 1. The van der Waals surface area contributed by atoms with Gasteiger partial charge >= 0.3 is 12.1 Å². The smallest absolute Gasteiger partial charge is 0.449 e. The van der Waals surface area contributed by atoms with E-state index in [0.717, 1.165) is 4.88 Å². The zero-order chi connectivity index (χ0) is 20.3. The van der Waals surface area contributed by atoms with Crippen molar-refractivity contribution in [1.29, 1.82) is 0 Å². The number of hydrogen-bond donors (Lipinski definition) is 1. The van der Waals surface area contributed by atoms with Crippen LogP contribution in [-0.4, -0.2) is 35.9 Å². The van der Waals surface area contributed by atoms with Crippen LogP contribution in [0, 0.1) is 0 Å². The molecule has 5 nitrogen and oxygen atoms in total. The van der Waals surface area contributed by atoms with E-state index in [-0.39, 0.29) is 28.4 Å². The number of allylic oxidation sites excluding steroid dienone is 1. The quantitative estimate of drug-likeness (QED) is 0.255. The molecule has 144 valence electrons. The van der Waals surface area contributed by atoms with Crippen LogP contribution < -0.4 is 0 Å². The van der Waals surface area contributed by atoms with Gasteiger partial charge in [-0.05, 0) is 18.4 Å².